The molecule has 1 rings (SSSR count). The summed E-state index contributed by atoms with van der Waals surface area (Å²) in [5.41, 5.74) is 0.267. The van der Waals surface area contributed by atoms with Crippen LogP contribution in [0.4, 0.5) is 5.69 Å². The topological polar surface area (TPSA) is 54.4 Å². The van der Waals surface area contributed by atoms with Gasteiger partial charge in [0.05, 0.1) is 12.7 Å². The Labute approximate surface area is 96.7 Å². The monoisotopic (exact) mass is 224 g/mol. The van der Waals surface area contributed by atoms with Gasteiger partial charge in [0.2, 0.25) is 5.88 Å². The Balaban J connectivity index is 2.60. The van der Waals surface area contributed by atoms with Gasteiger partial charge in [-0.25, -0.2) is 4.98 Å². The summed E-state index contributed by atoms with van der Waals surface area (Å²) in [6.07, 6.45) is 3.15. The second-order valence-corrected chi connectivity index (χ2v) is 3.87. The fraction of sp³-hybridized carbons (Fsp3) is 0.583. The summed E-state index contributed by atoms with van der Waals surface area (Å²) in [7, 11) is 1.58. The Hall–Kier alpha value is -1.29. The molecule has 0 saturated heterocycles. The molecule has 0 aliphatic carbocycles. The molecule has 0 aliphatic rings. The summed E-state index contributed by atoms with van der Waals surface area (Å²) in [5, 5.41) is 13.3. The lowest BCUT2D eigenvalue weighted by molar-refractivity contribution is 0.0457. The lowest BCUT2D eigenvalue weighted by atomic mass is 9.97. The summed E-state index contributed by atoms with van der Waals surface area (Å²) in [6.45, 7) is 4.50. The van der Waals surface area contributed by atoms with Crippen LogP contribution in [0.15, 0.2) is 18.3 Å². The minimum absolute atomic E-state index is 0.535. The number of pyridine rings is 1. The fourth-order valence-electron chi connectivity index (χ4n) is 1.40. The molecule has 4 nitrogen and oxygen atoms in total. The molecule has 1 aromatic rings. The zero-order chi connectivity index (χ0) is 12.0. The van der Waals surface area contributed by atoms with Crippen molar-refractivity contribution >= 4 is 5.69 Å². The van der Waals surface area contributed by atoms with Crippen molar-refractivity contribution in [2.24, 2.45) is 0 Å². The lowest BCUT2D eigenvalue weighted by Crippen LogP contribution is -2.35. The van der Waals surface area contributed by atoms with E-state index in [0.29, 0.717) is 12.4 Å². The largest absolute Gasteiger partial charge is 0.481 e. The van der Waals surface area contributed by atoms with Crippen LogP contribution in [-0.4, -0.2) is 29.3 Å². The predicted octanol–water partition coefficient (Wildman–Crippen LogP) is 2.05. The number of hydrogen-bond acceptors (Lipinski definition) is 4. The molecule has 0 aliphatic heterocycles. The van der Waals surface area contributed by atoms with Crippen LogP contribution in [0.25, 0.3) is 0 Å². The van der Waals surface area contributed by atoms with Crippen molar-refractivity contribution in [3.05, 3.63) is 18.3 Å². The van der Waals surface area contributed by atoms with Gasteiger partial charge in [-0.2, -0.15) is 0 Å². The number of nitrogens with one attached hydrogen (secondary N) is 1. The van der Waals surface area contributed by atoms with Gasteiger partial charge >= 0.3 is 0 Å². The maximum Gasteiger partial charge on any atom is 0.214 e. The molecule has 1 heterocycles. The second kappa shape index (κ2) is 5.70. The van der Waals surface area contributed by atoms with Crippen LogP contribution in [0.5, 0.6) is 5.88 Å². The third kappa shape index (κ3) is 3.38. The van der Waals surface area contributed by atoms with Gasteiger partial charge in [-0.05, 0) is 18.9 Å². The average Bonchev–Trinajstić information content (AvgIpc) is 2.36. The molecule has 2 N–H and O–H groups in total. The van der Waals surface area contributed by atoms with Crippen molar-refractivity contribution in [3.63, 3.8) is 0 Å². The van der Waals surface area contributed by atoms with E-state index in [1.165, 1.54) is 0 Å². The van der Waals surface area contributed by atoms with E-state index in [2.05, 4.69) is 10.3 Å². The number of aliphatic hydroxyl groups is 1. The molecule has 0 radical (unpaired) electrons. The van der Waals surface area contributed by atoms with Crippen LogP contribution in [-0.2, 0) is 0 Å². The van der Waals surface area contributed by atoms with Crippen molar-refractivity contribution in [1.82, 2.24) is 4.98 Å². The van der Waals surface area contributed by atoms with E-state index in [0.717, 1.165) is 18.5 Å². The molecular formula is C12H20N2O2. The molecule has 90 valence electrons. The predicted molar refractivity (Wildman–Crippen MR) is 64.8 cm³/mol. The van der Waals surface area contributed by atoms with Crippen LogP contribution < -0.4 is 10.1 Å². The highest BCUT2D eigenvalue weighted by atomic mass is 16.5. The molecule has 0 unspecified atom stereocenters. The molecule has 0 bridgehead atoms. The lowest BCUT2D eigenvalue weighted by Gasteiger charge is -2.25. The van der Waals surface area contributed by atoms with Gasteiger partial charge in [-0.3, -0.25) is 0 Å². The standard InChI is InChI=1S/C12H20N2O2/c1-4-12(15,5-2)9-14-10-6-7-13-11(8-10)16-3/h6-8,15H,4-5,9H2,1-3H3,(H,13,14). The summed E-state index contributed by atoms with van der Waals surface area (Å²) < 4.78 is 5.03. The van der Waals surface area contributed by atoms with Gasteiger partial charge in [-0.15, -0.1) is 0 Å². The molecule has 16 heavy (non-hydrogen) atoms. The second-order valence-electron chi connectivity index (χ2n) is 3.87. The highest BCUT2D eigenvalue weighted by Gasteiger charge is 2.21. The van der Waals surface area contributed by atoms with Crippen LogP contribution >= 0.6 is 0 Å². The number of anilines is 1. The van der Waals surface area contributed by atoms with E-state index in [4.69, 9.17) is 4.74 Å². The summed E-state index contributed by atoms with van der Waals surface area (Å²) in [5.74, 6) is 0.571. The number of aromatic nitrogens is 1. The quantitative estimate of drug-likeness (QED) is 0.776. The number of rotatable bonds is 6. The molecule has 0 amide bonds. The van der Waals surface area contributed by atoms with Gasteiger partial charge in [0.25, 0.3) is 0 Å². The molecule has 1 aromatic heterocycles. The number of hydrogen-bond donors (Lipinski definition) is 2. The number of ether oxygens (including phenoxy) is 1. The zero-order valence-corrected chi connectivity index (χ0v) is 10.2. The Morgan fingerprint density at radius 3 is 2.69 bits per heavy atom. The van der Waals surface area contributed by atoms with E-state index in [9.17, 15) is 5.11 Å². The van der Waals surface area contributed by atoms with Crippen LogP contribution in [0.2, 0.25) is 0 Å². The van der Waals surface area contributed by atoms with Gasteiger partial charge in [0, 0.05) is 24.5 Å². The third-order valence-corrected chi connectivity index (χ3v) is 2.88. The van der Waals surface area contributed by atoms with Gasteiger partial charge in [0.15, 0.2) is 0 Å². The van der Waals surface area contributed by atoms with Crippen LogP contribution in [0.3, 0.4) is 0 Å². The number of nitrogens with zero attached hydrogens (tertiary/aromatic N) is 1. The van der Waals surface area contributed by atoms with Crippen molar-refractivity contribution in [3.8, 4) is 5.88 Å². The molecule has 0 spiro atoms. The highest BCUT2D eigenvalue weighted by molar-refractivity contribution is 5.45. The first kappa shape index (κ1) is 12.8. The average molecular weight is 224 g/mol. The molecule has 0 atom stereocenters. The molecule has 0 saturated carbocycles. The van der Waals surface area contributed by atoms with E-state index in [-0.39, 0.29) is 0 Å². The minimum atomic E-state index is -0.642. The van der Waals surface area contributed by atoms with Gasteiger partial charge < -0.3 is 15.2 Å². The van der Waals surface area contributed by atoms with Crippen molar-refractivity contribution in [2.75, 3.05) is 19.0 Å². The van der Waals surface area contributed by atoms with E-state index in [1.807, 2.05) is 26.0 Å². The van der Waals surface area contributed by atoms with Gasteiger partial charge in [-0.1, -0.05) is 13.8 Å². The summed E-state index contributed by atoms with van der Waals surface area (Å²) in [6, 6.07) is 3.67. The Morgan fingerprint density at radius 1 is 1.44 bits per heavy atom. The van der Waals surface area contributed by atoms with E-state index >= 15 is 0 Å². The SMILES string of the molecule is CCC(O)(CC)CNc1ccnc(OC)c1. The highest BCUT2D eigenvalue weighted by Crippen LogP contribution is 2.18. The van der Waals surface area contributed by atoms with E-state index < -0.39 is 5.60 Å². The first-order chi connectivity index (χ1) is 7.63. The van der Waals surface area contributed by atoms with Crippen LogP contribution in [0.1, 0.15) is 26.7 Å². The van der Waals surface area contributed by atoms with Crippen molar-refractivity contribution < 1.29 is 9.84 Å². The fourth-order valence-corrected chi connectivity index (χ4v) is 1.40. The maximum absolute atomic E-state index is 10.1. The minimum Gasteiger partial charge on any atom is -0.481 e. The molecule has 0 fully saturated rings. The smallest absolute Gasteiger partial charge is 0.214 e. The molecular weight excluding hydrogens is 204 g/mol. The van der Waals surface area contributed by atoms with Crippen molar-refractivity contribution in [2.45, 2.75) is 32.3 Å². The first-order valence-corrected chi connectivity index (χ1v) is 5.60. The molecule has 4 heteroatoms. The Kier molecular flexibility index (Phi) is 4.55. The summed E-state index contributed by atoms with van der Waals surface area (Å²) >= 11 is 0. The Bertz CT molecular complexity index is 325. The zero-order valence-electron chi connectivity index (χ0n) is 10.2. The third-order valence-electron chi connectivity index (χ3n) is 2.88. The normalized spacial score (nSPS) is 11.2. The Morgan fingerprint density at radius 2 is 2.12 bits per heavy atom. The first-order valence-electron chi connectivity index (χ1n) is 5.60. The summed E-state index contributed by atoms with van der Waals surface area (Å²) in [4.78, 5) is 4.02. The van der Waals surface area contributed by atoms with Crippen molar-refractivity contribution in [1.29, 1.82) is 0 Å². The van der Waals surface area contributed by atoms with Crippen LogP contribution in [0, 0.1) is 0 Å². The van der Waals surface area contributed by atoms with E-state index in [1.54, 1.807) is 13.3 Å². The maximum atomic E-state index is 10.1. The molecule has 0 aromatic carbocycles. The van der Waals surface area contributed by atoms with Gasteiger partial charge in [0.1, 0.15) is 0 Å². The number of methoxy groups -OCH3 is 1.